The van der Waals surface area contributed by atoms with E-state index in [0.29, 0.717) is 0 Å². The Hall–Kier alpha value is -5.68. The predicted octanol–water partition coefficient (Wildman–Crippen LogP) is 13.2. The number of fused-ring (bicyclic) bond motifs is 12. The number of aromatic nitrogens is 1. The fourth-order valence-electron chi connectivity index (χ4n) is 9.99. The normalized spacial score (nSPS) is 14.4. The summed E-state index contributed by atoms with van der Waals surface area (Å²) in [5.74, 6) is 0. The number of rotatable bonds is 1. The Balaban J connectivity index is 1.32. The average Bonchev–Trinajstić information content (AvgIpc) is 3.84. The number of para-hydroxylation sites is 2. The molecule has 5 heteroatoms. The van der Waals surface area contributed by atoms with Crippen LogP contribution in [0.15, 0.2) is 112 Å². The quantitative estimate of drug-likeness (QED) is 0.156. The summed E-state index contributed by atoms with van der Waals surface area (Å²) in [6.07, 6.45) is 0. The average molecular weight is 773 g/mol. The van der Waals surface area contributed by atoms with Gasteiger partial charge >= 0.3 is 0 Å². The van der Waals surface area contributed by atoms with E-state index in [9.17, 15) is 0 Å². The molecule has 0 saturated carbocycles. The second kappa shape index (κ2) is 11.5. The van der Waals surface area contributed by atoms with Crippen molar-refractivity contribution in [2.45, 2.75) is 105 Å². The lowest BCUT2D eigenvalue weighted by molar-refractivity contribution is 0.587. The highest BCUT2D eigenvalue weighted by atomic mass is 16.3. The van der Waals surface area contributed by atoms with Crippen molar-refractivity contribution in [1.82, 2.24) is 4.57 Å². The van der Waals surface area contributed by atoms with Gasteiger partial charge in [0, 0.05) is 38.6 Å². The number of hydrogen-bond acceptors (Lipinski definition) is 3. The third-order valence-corrected chi connectivity index (χ3v) is 13.4. The highest BCUT2D eigenvalue weighted by molar-refractivity contribution is 7.00. The van der Waals surface area contributed by atoms with Gasteiger partial charge in [-0.25, -0.2) is 0 Å². The topological polar surface area (TPSA) is 34.5 Å². The van der Waals surface area contributed by atoms with E-state index >= 15 is 0 Å². The van der Waals surface area contributed by atoms with Crippen LogP contribution in [-0.2, 0) is 21.7 Å². The van der Waals surface area contributed by atoms with Crippen LogP contribution in [0.2, 0.25) is 0 Å². The lowest BCUT2D eigenvalue weighted by atomic mass is 9.33. The van der Waals surface area contributed by atoms with Crippen molar-refractivity contribution < 1.29 is 8.83 Å². The largest absolute Gasteiger partial charge is 0.454 e. The van der Waals surface area contributed by atoms with Crippen LogP contribution in [0.25, 0.3) is 60.6 Å². The summed E-state index contributed by atoms with van der Waals surface area (Å²) in [6.45, 7) is 27.8. The van der Waals surface area contributed by atoms with Crippen molar-refractivity contribution in [2.24, 2.45) is 0 Å². The van der Waals surface area contributed by atoms with Crippen LogP contribution >= 0.6 is 0 Å². The van der Waals surface area contributed by atoms with Crippen LogP contribution in [0.4, 0.5) is 17.1 Å². The summed E-state index contributed by atoms with van der Waals surface area (Å²) in [5, 5.41) is 4.60. The molecule has 0 unspecified atom stereocenters. The third kappa shape index (κ3) is 5.09. The van der Waals surface area contributed by atoms with Gasteiger partial charge in [-0.15, -0.1) is 0 Å². The first-order chi connectivity index (χ1) is 27.8. The Kier molecular flexibility index (Phi) is 7.12. The fraction of sp³-hybridized carbons (Fsp3) is 0.296. The molecule has 2 aliphatic heterocycles. The maximum Gasteiger partial charge on any atom is 0.252 e. The van der Waals surface area contributed by atoms with Gasteiger partial charge in [0.2, 0.25) is 0 Å². The number of furan rings is 2. The molecule has 0 atom stereocenters. The molecule has 5 heterocycles. The Bertz CT molecular complexity index is 3270. The molecule has 0 radical (unpaired) electrons. The summed E-state index contributed by atoms with van der Waals surface area (Å²) in [5.41, 5.74) is 19.7. The molecule has 9 aromatic rings. The Morgan fingerprint density at radius 2 is 1.02 bits per heavy atom. The number of benzene rings is 6. The van der Waals surface area contributed by atoms with Crippen molar-refractivity contribution in [3.8, 4) is 5.69 Å². The minimum absolute atomic E-state index is 0.000997. The van der Waals surface area contributed by atoms with Gasteiger partial charge in [0.15, 0.2) is 11.2 Å². The molecule has 0 fully saturated rings. The first kappa shape index (κ1) is 36.4. The molecule has 0 amide bonds. The first-order valence-electron chi connectivity index (χ1n) is 21.4. The van der Waals surface area contributed by atoms with Gasteiger partial charge in [-0.05, 0) is 109 Å². The SMILES string of the molecule is CC(C)(C)c1ccc2c(c1)N(c1cccc3c1oc1cc(C(C)(C)C)ccc13)c1cc(C(C)(C)C)cc3c1B2c1cc(C(C)(C)C)cc2c4oc5ccccc5c4n-3c12. The number of nitrogens with zero attached hydrogens (tertiary/aromatic N) is 2. The molecule has 0 spiro atoms. The Morgan fingerprint density at radius 1 is 0.407 bits per heavy atom. The van der Waals surface area contributed by atoms with E-state index in [0.717, 1.165) is 49.7 Å². The summed E-state index contributed by atoms with van der Waals surface area (Å²) >= 11 is 0. The molecule has 3 aromatic heterocycles. The van der Waals surface area contributed by atoms with Crippen molar-refractivity contribution in [2.75, 3.05) is 4.90 Å². The first-order valence-corrected chi connectivity index (χ1v) is 21.4. The van der Waals surface area contributed by atoms with Crippen molar-refractivity contribution >= 4 is 95.1 Å². The van der Waals surface area contributed by atoms with Gasteiger partial charge in [-0.2, -0.15) is 0 Å². The van der Waals surface area contributed by atoms with E-state index in [2.05, 4.69) is 196 Å². The summed E-state index contributed by atoms with van der Waals surface area (Å²) in [7, 11) is 0. The molecule has 0 N–H and O–H groups in total. The van der Waals surface area contributed by atoms with Gasteiger partial charge in [0.25, 0.3) is 6.71 Å². The van der Waals surface area contributed by atoms with Gasteiger partial charge in [-0.3, -0.25) is 0 Å². The van der Waals surface area contributed by atoms with E-state index in [-0.39, 0.29) is 28.4 Å². The standard InChI is InChI=1S/C54H53BN2O2/c1-51(2,3)30-21-23-38-41(26-30)56(40-18-15-17-35-34-22-20-31(52(4,5)6)29-45(34)59-49(35)40)42-27-33(54(10,11)12)28-43-46(42)55(38)39-25-32(53(7,8)9)24-37-47(39)57(43)48-36-16-13-14-19-44(36)58-50(37)48/h13-29H,1-12H3. The number of anilines is 3. The smallest absolute Gasteiger partial charge is 0.252 e. The van der Waals surface area contributed by atoms with Crippen LogP contribution in [0.3, 0.4) is 0 Å². The lowest BCUT2D eigenvalue weighted by Gasteiger charge is -2.42. The van der Waals surface area contributed by atoms with Crippen molar-refractivity contribution in [3.05, 3.63) is 125 Å². The summed E-state index contributed by atoms with van der Waals surface area (Å²) in [4.78, 5) is 2.55. The lowest BCUT2D eigenvalue weighted by Crippen LogP contribution is -2.60. The molecule has 6 aromatic carbocycles. The van der Waals surface area contributed by atoms with Crippen molar-refractivity contribution in [3.63, 3.8) is 0 Å². The highest BCUT2D eigenvalue weighted by Crippen LogP contribution is 2.49. The summed E-state index contributed by atoms with van der Waals surface area (Å²) < 4.78 is 16.5. The Labute approximate surface area is 347 Å². The second-order valence-electron chi connectivity index (χ2n) is 21.5. The zero-order valence-electron chi connectivity index (χ0n) is 36.6. The van der Waals surface area contributed by atoms with Gasteiger partial charge in [0.1, 0.15) is 16.7 Å². The minimum Gasteiger partial charge on any atom is -0.454 e. The monoisotopic (exact) mass is 772 g/mol. The van der Waals surface area contributed by atoms with E-state index < -0.39 is 0 Å². The minimum atomic E-state index is -0.130. The maximum atomic E-state index is 7.07. The van der Waals surface area contributed by atoms with Crippen LogP contribution in [0.1, 0.15) is 105 Å². The molecule has 4 nitrogen and oxygen atoms in total. The van der Waals surface area contributed by atoms with E-state index in [4.69, 9.17) is 8.83 Å². The molecular formula is C54H53BN2O2. The van der Waals surface area contributed by atoms with E-state index in [1.165, 1.54) is 66.6 Å². The predicted molar refractivity (Wildman–Crippen MR) is 252 cm³/mol. The molecule has 0 saturated heterocycles. The Morgan fingerprint density at radius 3 is 1.75 bits per heavy atom. The zero-order valence-corrected chi connectivity index (χ0v) is 36.6. The van der Waals surface area contributed by atoms with Gasteiger partial charge < -0.3 is 18.3 Å². The zero-order chi connectivity index (χ0) is 41.3. The van der Waals surface area contributed by atoms with Gasteiger partial charge in [0.05, 0.1) is 11.2 Å². The fourth-order valence-corrected chi connectivity index (χ4v) is 9.99. The van der Waals surface area contributed by atoms with E-state index in [1.54, 1.807) is 0 Å². The highest BCUT2D eigenvalue weighted by Gasteiger charge is 2.45. The van der Waals surface area contributed by atoms with E-state index in [1.807, 2.05) is 0 Å². The molecule has 0 aliphatic carbocycles. The number of hydrogen-bond donors (Lipinski definition) is 0. The van der Waals surface area contributed by atoms with Crippen LogP contribution < -0.4 is 21.3 Å². The van der Waals surface area contributed by atoms with Crippen molar-refractivity contribution in [1.29, 1.82) is 0 Å². The molecule has 2 aliphatic rings. The summed E-state index contributed by atoms with van der Waals surface area (Å²) in [6, 6.07) is 39.2. The van der Waals surface area contributed by atoms with Gasteiger partial charge in [-0.1, -0.05) is 138 Å². The molecular weight excluding hydrogens is 719 g/mol. The molecule has 0 bridgehead atoms. The van der Waals surface area contributed by atoms with Crippen LogP contribution in [0, 0.1) is 0 Å². The maximum absolute atomic E-state index is 7.07. The molecule has 11 rings (SSSR count). The van der Waals surface area contributed by atoms with Crippen LogP contribution in [0.5, 0.6) is 0 Å². The molecule has 59 heavy (non-hydrogen) atoms. The third-order valence-electron chi connectivity index (χ3n) is 13.4. The molecule has 294 valence electrons. The van der Waals surface area contributed by atoms with Crippen LogP contribution in [-0.4, -0.2) is 11.3 Å². The second-order valence-corrected chi connectivity index (χ2v) is 21.5.